The number of rotatable bonds is 7. The van der Waals surface area contributed by atoms with Gasteiger partial charge in [-0.2, -0.15) is 0 Å². The Bertz CT molecular complexity index is 514. The maximum Gasteiger partial charge on any atom is 0.310 e. The van der Waals surface area contributed by atoms with Crippen LogP contribution in [0.3, 0.4) is 0 Å². The molecule has 0 aliphatic heterocycles. The van der Waals surface area contributed by atoms with E-state index in [2.05, 4.69) is 10.6 Å². The van der Waals surface area contributed by atoms with E-state index in [0.717, 1.165) is 5.56 Å². The fourth-order valence-corrected chi connectivity index (χ4v) is 1.70. The van der Waals surface area contributed by atoms with Crippen molar-refractivity contribution < 1.29 is 14.5 Å². The SMILES string of the molecule is CNC(=O)COc1cc(CNC2CC2)ccc1[N+](=O)[O-]. The highest BCUT2D eigenvalue weighted by atomic mass is 16.6. The van der Waals surface area contributed by atoms with Gasteiger partial charge < -0.3 is 15.4 Å². The van der Waals surface area contributed by atoms with Crippen molar-refractivity contribution in [2.24, 2.45) is 0 Å². The Morgan fingerprint density at radius 2 is 2.25 bits per heavy atom. The van der Waals surface area contributed by atoms with Crippen molar-refractivity contribution in [2.75, 3.05) is 13.7 Å². The van der Waals surface area contributed by atoms with Crippen LogP contribution >= 0.6 is 0 Å². The molecule has 108 valence electrons. The molecule has 0 saturated heterocycles. The minimum Gasteiger partial charge on any atom is -0.477 e. The average molecular weight is 279 g/mol. The van der Waals surface area contributed by atoms with Crippen LogP contribution in [-0.2, 0) is 11.3 Å². The van der Waals surface area contributed by atoms with E-state index < -0.39 is 4.92 Å². The minimum atomic E-state index is -0.517. The lowest BCUT2D eigenvalue weighted by molar-refractivity contribution is -0.385. The molecule has 7 nitrogen and oxygen atoms in total. The number of nitrogens with zero attached hydrogens (tertiary/aromatic N) is 1. The molecule has 1 fully saturated rings. The van der Waals surface area contributed by atoms with E-state index in [1.807, 2.05) is 0 Å². The molecule has 0 atom stereocenters. The molecule has 20 heavy (non-hydrogen) atoms. The van der Waals surface area contributed by atoms with Crippen molar-refractivity contribution in [1.82, 2.24) is 10.6 Å². The minimum absolute atomic E-state index is 0.119. The first-order valence-corrected chi connectivity index (χ1v) is 6.44. The second-order valence-electron chi connectivity index (χ2n) is 4.68. The maximum absolute atomic E-state index is 11.2. The first-order valence-electron chi connectivity index (χ1n) is 6.44. The van der Waals surface area contributed by atoms with Gasteiger partial charge in [0.05, 0.1) is 4.92 Å². The lowest BCUT2D eigenvalue weighted by Gasteiger charge is -2.09. The van der Waals surface area contributed by atoms with E-state index in [9.17, 15) is 14.9 Å². The molecule has 0 heterocycles. The van der Waals surface area contributed by atoms with Gasteiger partial charge >= 0.3 is 5.69 Å². The number of likely N-dealkylation sites (N-methyl/N-ethyl adjacent to an activating group) is 1. The zero-order valence-electron chi connectivity index (χ0n) is 11.2. The van der Waals surface area contributed by atoms with Crippen LogP contribution in [0.5, 0.6) is 5.75 Å². The molecule has 1 saturated carbocycles. The van der Waals surface area contributed by atoms with E-state index in [0.29, 0.717) is 12.6 Å². The molecule has 1 amide bonds. The van der Waals surface area contributed by atoms with Crippen LogP contribution in [0.15, 0.2) is 18.2 Å². The molecule has 0 aromatic heterocycles. The molecule has 1 aliphatic rings. The number of carbonyl (C=O) groups excluding carboxylic acids is 1. The predicted molar refractivity (Wildman–Crippen MR) is 72.5 cm³/mol. The van der Waals surface area contributed by atoms with Gasteiger partial charge in [-0.15, -0.1) is 0 Å². The summed E-state index contributed by atoms with van der Waals surface area (Å²) in [4.78, 5) is 21.6. The molecule has 0 radical (unpaired) electrons. The number of benzene rings is 1. The number of hydrogen-bond donors (Lipinski definition) is 2. The number of hydrogen-bond acceptors (Lipinski definition) is 5. The van der Waals surface area contributed by atoms with Crippen molar-refractivity contribution in [1.29, 1.82) is 0 Å². The van der Waals surface area contributed by atoms with E-state index in [-0.39, 0.29) is 24.0 Å². The molecular weight excluding hydrogens is 262 g/mol. The van der Waals surface area contributed by atoms with E-state index in [1.54, 1.807) is 12.1 Å². The number of ether oxygens (including phenoxy) is 1. The molecule has 7 heteroatoms. The second-order valence-corrected chi connectivity index (χ2v) is 4.68. The van der Waals surface area contributed by atoms with Gasteiger partial charge in [-0.05, 0) is 24.5 Å². The second kappa shape index (κ2) is 6.33. The quantitative estimate of drug-likeness (QED) is 0.573. The summed E-state index contributed by atoms with van der Waals surface area (Å²) in [5.41, 5.74) is 0.762. The van der Waals surface area contributed by atoms with Crippen LogP contribution in [0.2, 0.25) is 0 Å². The summed E-state index contributed by atoms with van der Waals surface area (Å²) in [6.07, 6.45) is 2.35. The first kappa shape index (κ1) is 14.3. The van der Waals surface area contributed by atoms with Crippen molar-refractivity contribution in [3.8, 4) is 5.75 Å². The lowest BCUT2D eigenvalue weighted by atomic mass is 10.2. The third-order valence-corrected chi connectivity index (χ3v) is 3.03. The van der Waals surface area contributed by atoms with Crippen LogP contribution in [0.1, 0.15) is 18.4 Å². The summed E-state index contributed by atoms with van der Waals surface area (Å²) in [5.74, 6) is -0.213. The highest BCUT2D eigenvalue weighted by molar-refractivity contribution is 5.77. The third-order valence-electron chi connectivity index (χ3n) is 3.03. The summed E-state index contributed by atoms with van der Waals surface area (Å²) < 4.78 is 5.23. The topological polar surface area (TPSA) is 93.5 Å². The van der Waals surface area contributed by atoms with Gasteiger partial charge in [-0.25, -0.2) is 0 Å². The summed E-state index contributed by atoms with van der Waals surface area (Å²) in [6.45, 7) is 0.399. The number of nitro benzene ring substituents is 1. The van der Waals surface area contributed by atoms with Crippen LogP contribution in [0, 0.1) is 10.1 Å². The van der Waals surface area contributed by atoms with Gasteiger partial charge in [-0.3, -0.25) is 14.9 Å². The third kappa shape index (κ3) is 3.92. The van der Waals surface area contributed by atoms with E-state index >= 15 is 0 Å². The molecular formula is C13H17N3O4. The van der Waals surface area contributed by atoms with E-state index in [4.69, 9.17) is 4.74 Å². The van der Waals surface area contributed by atoms with Crippen molar-refractivity contribution in [2.45, 2.75) is 25.4 Å². The molecule has 1 aromatic rings. The van der Waals surface area contributed by atoms with Crippen LogP contribution in [-0.4, -0.2) is 30.5 Å². The number of amides is 1. The smallest absolute Gasteiger partial charge is 0.310 e. The van der Waals surface area contributed by atoms with Gasteiger partial charge in [0.2, 0.25) is 0 Å². The van der Waals surface area contributed by atoms with Crippen molar-refractivity contribution in [3.63, 3.8) is 0 Å². The predicted octanol–water partition coefficient (Wildman–Crippen LogP) is 0.972. The number of carbonyl (C=O) groups is 1. The van der Waals surface area contributed by atoms with Gasteiger partial charge in [-0.1, -0.05) is 6.07 Å². The molecule has 2 N–H and O–H groups in total. The zero-order chi connectivity index (χ0) is 14.5. The Balaban J connectivity index is 2.08. The maximum atomic E-state index is 11.2. The Morgan fingerprint density at radius 1 is 1.50 bits per heavy atom. The molecule has 0 bridgehead atoms. The standard InChI is InChI=1S/C13H17N3O4/c1-14-13(17)8-20-12-6-9(7-15-10-3-4-10)2-5-11(12)16(18)19/h2,5-6,10,15H,3-4,7-8H2,1H3,(H,14,17). The summed E-state index contributed by atoms with van der Waals surface area (Å²) in [6, 6.07) is 5.26. The van der Waals surface area contributed by atoms with Crippen molar-refractivity contribution in [3.05, 3.63) is 33.9 Å². The average Bonchev–Trinajstić information content (AvgIpc) is 3.26. The van der Waals surface area contributed by atoms with Crippen LogP contribution < -0.4 is 15.4 Å². The van der Waals surface area contributed by atoms with Crippen molar-refractivity contribution >= 4 is 11.6 Å². The van der Waals surface area contributed by atoms with Gasteiger partial charge in [0, 0.05) is 25.7 Å². The molecule has 2 rings (SSSR count). The Labute approximate surface area is 116 Å². The molecule has 0 unspecified atom stereocenters. The van der Waals surface area contributed by atoms with Gasteiger partial charge in [0.1, 0.15) is 0 Å². The number of nitro groups is 1. The summed E-state index contributed by atoms with van der Waals surface area (Å²) in [7, 11) is 1.48. The van der Waals surface area contributed by atoms with E-state index in [1.165, 1.54) is 26.0 Å². The Morgan fingerprint density at radius 3 is 2.85 bits per heavy atom. The van der Waals surface area contributed by atoms with Gasteiger partial charge in [0.25, 0.3) is 5.91 Å². The molecule has 0 spiro atoms. The summed E-state index contributed by atoms with van der Waals surface area (Å²) >= 11 is 0. The fourth-order valence-electron chi connectivity index (χ4n) is 1.70. The fraction of sp³-hybridized carbons (Fsp3) is 0.462. The normalized spacial score (nSPS) is 13.8. The zero-order valence-corrected chi connectivity index (χ0v) is 11.2. The van der Waals surface area contributed by atoms with Crippen LogP contribution in [0.25, 0.3) is 0 Å². The van der Waals surface area contributed by atoms with Crippen LogP contribution in [0.4, 0.5) is 5.69 Å². The highest BCUT2D eigenvalue weighted by Crippen LogP contribution is 2.28. The lowest BCUT2D eigenvalue weighted by Crippen LogP contribution is -2.25. The number of nitrogens with one attached hydrogen (secondary N) is 2. The summed E-state index contributed by atoms with van der Waals surface area (Å²) in [5, 5.41) is 16.7. The van der Waals surface area contributed by atoms with Gasteiger partial charge in [0.15, 0.2) is 12.4 Å². The Kier molecular flexibility index (Phi) is 4.52. The Hall–Kier alpha value is -2.15. The molecule has 1 aromatic carbocycles. The monoisotopic (exact) mass is 279 g/mol. The largest absolute Gasteiger partial charge is 0.477 e. The first-order chi connectivity index (χ1) is 9.60. The highest BCUT2D eigenvalue weighted by Gasteiger charge is 2.21. The molecule has 1 aliphatic carbocycles.